The van der Waals surface area contributed by atoms with Gasteiger partial charge in [0.05, 0.1) is 15.0 Å². The third kappa shape index (κ3) is 3.81. The number of nitro groups is 1. The van der Waals surface area contributed by atoms with Gasteiger partial charge in [-0.2, -0.15) is 0 Å². The Morgan fingerprint density at radius 2 is 1.86 bits per heavy atom. The Kier molecular flexibility index (Phi) is 4.97. The summed E-state index contributed by atoms with van der Waals surface area (Å²) in [5.41, 5.74) is 0.786. The molecule has 0 saturated carbocycles. The minimum atomic E-state index is -0.508. The van der Waals surface area contributed by atoms with Crippen molar-refractivity contribution in [3.8, 4) is 0 Å². The van der Waals surface area contributed by atoms with E-state index in [0.717, 1.165) is 0 Å². The summed E-state index contributed by atoms with van der Waals surface area (Å²) < 4.78 is 0.856. The van der Waals surface area contributed by atoms with Gasteiger partial charge >= 0.3 is 0 Å². The van der Waals surface area contributed by atoms with E-state index in [1.54, 1.807) is 18.2 Å². The van der Waals surface area contributed by atoms with E-state index < -0.39 is 4.92 Å². The lowest BCUT2D eigenvalue weighted by atomic mass is 10.2. The fraction of sp³-hybridized carbons (Fsp3) is 0. The molecule has 108 valence electrons. The van der Waals surface area contributed by atoms with Crippen molar-refractivity contribution >= 4 is 60.7 Å². The highest BCUT2D eigenvalue weighted by molar-refractivity contribution is 9.11. The van der Waals surface area contributed by atoms with E-state index in [9.17, 15) is 14.9 Å². The molecule has 0 fully saturated rings. The Hall–Kier alpha value is -1.44. The number of nitrogens with zero attached hydrogens (tertiary/aromatic N) is 1. The van der Waals surface area contributed by atoms with Crippen LogP contribution in [0.5, 0.6) is 0 Å². The number of nitrogens with one attached hydrogen (secondary N) is 1. The van der Waals surface area contributed by atoms with Gasteiger partial charge in [0.2, 0.25) is 0 Å². The molecule has 5 nitrogen and oxygen atoms in total. The van der Waals surface area contributed by atoms with Crippen LogP contribution in [0.4, 0.5) is 11.4 Å². The molecule has 0 unspecified atom stereocenters. The Bertz CT molecular complexity index is 737. The van der Waals surface area contributed by atoms with Gasteiger partial charge in [-0.1, -0.05) is 11.6 Å². The van der Waals surface area contributed by atoms with Gasteiger partial charge in [0.25, 0.3) is 11.6 Å². The molecule has 2 aromatic carbocycles. The van der Waals surface area contributed by atoms with Gasteiger partial charge in [-0.15, -0.1) is 0 Å². The number of hydrogen-bond donors (Lipinski definition) is 1. The lowest BCUT2D eigenvalue weighted by Crippen LogP contribution is -2.12. The summed E-state index contributed by atoms with van der Waals surface area (Å²) in [6, 6.07) is 9.05. The Morgan fingerprint density at radius 1 is 1.14 bits per heavy atom. The molecule has 1 amide bonds. The largest absolute Gasteiger partial charge is 0.322 e. The summed E-state index contributed by atoms with van der Waals surface area (Å²) in [6.45, 7) is 0. The van der Waals surface area contributed by atoms with Crippen LogP contribution in [0.15, 0.2) is 45.3 Å². The number of carbonyl (C=O) groups is 1. The van der Waals surface area contributed by atoms with E-state index >= 15 is 0 Å². The van der Waals surface area contributed by atoms with Crippen molar-refractivity contribution in [2.75, 3.05) is 5.32 Å². The van der Waals surface area contributed by atoms with Crippen LogP contribution < -0.4 is 5.32 Å². The van der Waals surface area contributed by atoms with Gasteiger partial charge in [-0.05, 0) is 62.2 Å². The third-order valence-corrected chi connectivity index (χ3v) is 4.10. The molecule has 2 rings (SSSR count). The number of benzene rings is 2. The molecule has 8 heteroatoms. The maximum absolute atomic E-state index is 12.1. The highest BCUT2D eigenvalue weighted by Crippen LogP contribution is 2.28. The number of nitro benzene ring substituents is 1. The first-order valence-corrected chi connectivity index (χ1v) is 7.55. The molecule has 0 radical (unpaired) electrons. The molecule has 0 spiro atoms. The predicted octanol–water partition coefficient (Wildman–Crippen LogP) is 5.03. The molecule has 1 N–H and O–H groups in total. The predicted molar refractivity (Wildman–Crippen MR) is 87.9 cm³/mol. The van der Waals surface area contributed by atoms with Gasteiger partial charge < -0.3 is 5.32 Å². The molecule has 0 aliphatic rings. The molecular formula is C13H7Br2ClN2O3. The number of carbonyl (C=O) groups excluding carboxylic acids is 1. The first kappa shape index (κ1) is 15.9. The van der Waals surface area contributed by atoms with Crippen LogP contribution >= 0.6 is 43.5 Å². The number of amides is 1. The summed E-state index contributed by atoms with van der Waals surface area (Å²) in [7, 11) is 0. The van der Waals surface area contributed by atoms with Crippen molar-refractivity contribution < 1.29 is 9.72 Å². The van der Waals surface area contributed by atoms with Gasteiger partial charge in [0.15, 0.2) is 0 Å². The first-order valence-electron chi connectivity index (χ1n) is 5.59. The molecule has 2 aromatic rings. The smallest absolute Gasteiger partial charge is 0.283 e. The fourth-order valence-corrected chi connectivity index (χ4v) is 2.99. The molecule has 0 heterocycles. The van der Waals surface area contributed by atoms with Crippen LogP contribution in [0.2, 0.25) is 5.02 Å². The second kappa shape index (κ2) is 6.55. The van der Waals surface area contributed by atoms with Crippen molar-refractivity contribution in [3.63, 3.8) is 0 Å². The lowest BCUT2D eigenvalue weighted by Gasteiger charge is -2.07. The number of halogens is 3. The highest BCUT2D eigenvalue weighted by Gasteiger charge is 2.14. The van der Waals surface area contributed by atoms with Crippen LogP contribution in [0.25, 0.3) is 0 Å². The summed E-state index contributed by atoms with van der Waals surface area (Å²) in [5, 5.41) is 13.9. The second-order valence-electron chi connectivity index (χ2n) is 4.00. The Labute approximate surface area is 141 Å². The standard InChI is InChI=1S/C13H7Br2ClN2O3/c14-10-5-7(16)1-3-9(10)13(19)17-8-2-4-12(18(20)21)11(15)6-8/h1-6H,(H,17,19). The molecule has 0 saturated heterocycles. The SMILES string of the molecule is O=C(Nc1ccc([N+](=O)[O-])c(Br)c1)c1ccc(Cl)cc1Br. The quantitative estimate of drug-likeness (QED) is 0.544. The molecule has 0 aliphatic carbocycles. The molecule has 21 heavy (non-hydrogen) atoms. The average Bonchev–Trinajstić information content (AvgIpc) is 2.37. The van der Waals surface area contributed by atoms with E-state index in [0.29, 0.717) is 25.2 Å². The van der Waals surface area contributed by atoms with Crippen molar-refractivity contribution in [1.29, 1.82) is 0 Å². The summed E-state index contributed by atoms with van der Waals surface area (Å²) in [6.07, 6.45) is 0. The molecule has 0 aliphatic heterocycles. The van der Waals surface area contributed by atoms with Gasteiger partial charge in [-0.3, -0.25) is 14.9 Å². The first-order chi connectivity index (χ1) is 9.88. The number of hydrogen-bond acceptors (Lipinski definition) is 3. The number of rotatable bonds is 3. The minimum Gasteiger partial charge on any atom is -0.322 e. The van der Waals surface area contributed by atoms with E-state index in [-0.39, 0.29) is 11.6 Å². The topological polar surface area (TPSA) is 72.2 Å². The third-order valence-electron chi connectivity index (χ3n) is 2.58. The van der Waals surface area contributed by atoms with E-state index in [2.05, 4.69) is 37.2 Å². The van der Waals surface area contributed by atoms with Crippen LogP contribution in [-0.2, 0) is 0 Å². The zero-order valence-electron chi connectivity index (χ0n) is 10.3. The number of anilines is 1. The maximum atomic E-state index is 12.1. The molecule has 0 bridgehead atoms. The van der Waals surface area contributed by atoms with Crippen LogP contribution in [0, 0.1) is 10.1 Å². The van der Waals surface area contributed by atoms with Gasteiger partial charge in [0.1, 0.15) is 0 Å². The minimum absolute atomic E-state index is 0.0688. The van der Waals surface area contributed by atoms with Gasteiger partial charge in [-0.25, -0.2) is 0 Å². The average molecular weight is 434 g/mol. The molecule has 0 aromatic heterocycles. The van der Waals surface area contributed by atoms with Crippen LogP contribution in [-0.4, -0.2) is 10.8 Å². The highest BCUT2D eigenvalue weighted by atomic mass is 79.9. The summed E-state index contributed by atoms with van der Waals surface area (Å²) in [4.78, 5) is 22.4. The van der Waals surface area contributed by atoms with Gasteiger partial charge in [0, 0.05) is 21.2 Å². The second-order valence-corrected chi connectivity index (χ2v) is 6.15. The van der Waals surface area contributed by atoms with Crippen molar-refractivity contribution in [3.05, 3.63) is 66.0 Å². The van der Waals surface area contributed by atoms with E-state index in [1.165, 1.54) is 18.2 Å². The Balaban J connectivity index is 2.23. The summed E-state index contributed by atoms with van der Waals surface area (Å²) >= 11 is 12.2. The lowest BCUT2D eigenvalue weighted by molar-refractivity contribution is -0.385. The monoisotopic (exact) mass is 432 g/mol. The molecule has 0 atom stereocenters. The van der Waals surface area contributed by atoms with E-state index in [4.69, 9.17) is 11.6 Å². The van der Waals surface area contributed by atoms with Crippen molar-refractivity contribution in [2.45, 2.75) is 0 Å². The van der Waals surface area contributed by atoms with Crippen LogP contribution in [0.1, 0.15) is 10.4 Å². The zero-order valence-corrected chi connectivity index (χ0v) is 14.2. The van der Waals surface area contributed by atoms with Crippen molar-refractivity contribution in [2.24, 2.45) is 0 Å². The van der Waals surface area contributed by atoms with E-state index in [1.807, 2.05) is 0 Å². The molecular weight excluding hydrogens is 427 g/mol. The Morgan fingerprint density at radius 3 is 2.43 bits per heavy atom. The fourth-order valence-electron chi connectivity index (χ4n) is 1.60. The van der Waals surface area contributed by atoms with Crippen molar-refractivity contribution in [1.82, 2.24) is 0 Å². The maximum Gasteiger partial charge on any atom is 0.283 e. The zero-order chi connectivity index (χ0) is 15.6. The normalized spacial score (nSPS) is 10.2. The summed E-state index contributed by atoms with van der Waals surface area (Å²) in [5.74, 6) is -0.348. The van der Waals surface area contributed by atoms with Crippen LogP contribution in [0.3, 0.4) is 0 Å².